The first-order valence-corrected chi connectivity index (χ1v) is 8.61. The highest BCUT2D eigenvalue weighted by molar-refractivity contribution is 6.09. The number of aryl methyl sites for hydroxylation is 1. The Balaban J connectivity index is 1.89. The zero-order chi connectivity index (χ0) is 16.3. The lowest BCUT2D eigenvalue weighted by Crippen LogP contribution is -2.05. The fourth-order valence-corrected chi connectivity index (χ4v) is 2.84. The third-order valence-electron chi connectivity index (χ3n) is 4.15. The van der Waals surface area contributed by atoms with E-state index in [2.05, 4.69) is 6.07 Å². The van der Waals surface area contributed by atoms with Crippen molar-refractivity contribution in [1.29, 1.82) is 0 Å². The maximum absolute atomic E-state index is 12.7. The maximum Gasteiger partial charge on any atom is 0.193 e. The van der Waals surface area contributed by atoms with Gasteiger partial charge in [-0.05, 0) is 24.8 Å². The summed E-state index contributed by atoms with van der Waals surface area (Å²) >= 11 is 0. The van der Waals surface area contributed by atoms with Crippen LogP contribution in [0.25, 0.3) is 0 Å². The molecule has 0 aliphatic heterocycles. The molecule has 23 heavy (non-hydrogen) atoms. The molecule has 1 N–H and O–H groups in total. The molecular formula is C21H26O2. The van der Waals surface area contributed by atoms with Crippen LogP contribution in [0.15, 0.2) is 54.6 Å². The first kappa shape index (κ1) is 17.4. The quantitative estimate of drug-likeness (QED) is 0.506. The maximum atomic E-state index is 12.7. The van der Waals surface area contributed by atoms with Gasteiger partial charge in [-0.3, -0.25) is 4.79 Å². The van der Waals surface area contributed by atoms with Crippen LogP contribution in [0.1, 0.15) is 60.0 Å². The van der Waals surface area contributed by atoms with E-state index in [0.717, 1.165) is 42.4 Å². The van der Waals surface area contributed by atoms with Crippen LogP contribution in [0.5, 0.6) is 0 Å². The molecule has 0 saturated carbocycles. The van der Waals surface area contributed by atoms with E-state index in [0.29, 0.717) is 6.61 Å². The smallest absolute Gasteiger partial charge is 0.193 e. The van der Waals surface area contributed by atoms with Gasteiger partial charge in [0.05, 0.1) is 0 Å². The average Bonchev–Trinajstić information content (AvgIpc) is 2.61. The topological polar surface area (TPSA) is 37.3 Å². The molecule has 2 rings (SSSR count). The lowest BCUT2D eigenvalue weighted by atomic mass is 9.95. The van der Waals surface area contributed by atoms with Crippen molar-refractivity contribution in [2.45, 2.75) is 44.9 Å². The lowest BCUT2D eigenvalue weighted by molar-refractivity contribution is 0.103. The molecule has 0 bridgehead atoms. The Bertz CT molecular complexity index is 590. The van der Waals surface area contributed by atoms with Crippen molar-refractivity contribution in [2.75, 3.05) is 6.61 Å². The van der Waals surface area contributed by atoms with E-state index in [1.54, 1.807) is 0 Å². The zero-order valence-corrected chi connectivity index (χ0v) is 13.7. The predicted octanol–water partition coefficient (Wildman–Crippen LogP) is 4.79. The van der Waals surface area contributed by atoms with Crippen molar-refractivity contribution in [2.24, 2.45) is 0 Å². The normalized spacial score (nSPS) is 10.7. The van der Waals surface area contributed by atoms with E-state index >= 15 is 0 Å². The second kappa shape index (κ2) is 9.96. The first-order chi connectivity index (χ1) is 11.3. The van der Waals surface area contributed by atoms with Crippen LogP contribution in [0.4, 0.5) is 0 Å². The summed E-state index contributed by atoms with van der Waals surface area (Å²) in [4.78, 5) is 12.7. The lowest BCUT2D eigenvalue weighted by Gasteiger charge is -2.09. The van der Waals surface area contributed by atoms with Gasteiger partial charge in [-0.1, -0.05) is 80.3 Å². The van der Waals surface area contributed by atoms with Crippen LogP contribution in [0.3, 0.4) is 0 Å². The van der Waals surface area contributed by atoms with E-state index < -0.39 is 0 Å². The van der Waals surface area contributed by atoms with Gasteiger partial charge in [-0.15, -0.1) is 0 Å². The van der Waals surface area contributed by atoms with Crippen molar-refractivity contribution < 1.29 is 9.90 Å². The molecule has 0 amide bonds. The number of ketones is 1. The summed E-state index contributed by atoms with van der Waals surface area (Å²) in [5.41, 5.74) is 2.74. The van der Waals surface area contributed by atoms with Crippen molar-refractivity contribution in [3.8, 4) is 0 Å². The fraction of sp³-hybridized carbons (Fsp3) is 0.381. The molecule has 0 heterocycles. The number of rotatable bonds is 10. The van der Waals surface area contributed by atoms with Gasteiger partial charge in [0, 0.05) is 17.7 Å². The SMILES string of the molecule is O=C(c1ccccc1)c1ccccc1CCCCCCCCO. The van der Waals surface area contributed by atoms with Gasteiger partial charge in [-0.2, -0.15) is 0 Å². The van der Waals surface area contributed by atoms with Crippen molar-refractivity contribution in [3.63, 3.8) is 0 Å². The Labute approximate surface area is 139 Å². The molecule has 0 saturated heterocycles. The Morgan fingerprint density at radius 1 is 0.739 bits per heavy atom. The molecule has 2 aromatic carbocycles. The minimum absolute atomic E-state index is 0.115. The van der Waals surface area contributed by atoms with Crippen LogP contribution >= 0.6 is 0 Å². The standard InChI is InChI=1S/C21H26O2/c22-17-11-4-2-1-3-6-12-18-13-9-10-16-20(18)21(23)19-14-7-5-8-15-19/h5,7-10,13-16,22H,1-4,6,11-12,17H2. The average molecular weight is 310 g/mol. The third kappa shape index (κ3) is 5.65. The zero-order valence-electron chi connectivity index (χ0n) is 13.7. The summed E-state index contributed by atoms with van der Waals surface area (Å²) in [6.07, 6.45) is 7.65. The fourth-order valence-electron chi connectivity index (χ4n) is 2.84. The van der Waals surface area contributed by atoms with E-state index in [1.807, 2.05) is 48.5 Å². The predicted molar refractivity (Wildman–Crippen MR) is 94.8 cm³/mol. The molecule has 0 aromatic heterocycles. The number of aliphatic hydroxyl groups is 1. The number of hydrogen-bond acceptors (Lipinski definition) is 2. The van der Waals surface area contributed by atoms with Gasteiger partial charge < -0.3 is 5.11 Å². The van der Waals surface area contributed by atoms with E-state index in [4.69, 9.17) is 5.11 Å². The monoisotopic (exact) mass is 310 g/mol. The Morgan fingerprint density at radius 2 is 1.35 bits per heavy atom. The minimum atomic E-state index is 0.115. The minimum Gasteiger partial charge on any atom is -0.396 e. The molecule has 0 fully saturated rings. The highest BCUT2D eigenvalue weighted by Crippen LogP contribution is 2.17. The van der Waals surface area contributed by atoms with Crippen LogP contribution in [-0.2, 0) is 6.42 Å². The molecule has 0 aliphatic rings. The molecule has 0 unspecified atom stereocenters. The van der Waals surface area contributed by atoms with Gasteiger partial charge >= 0.3 is 0 Å². The van der Waals surface area contributed by atoms with Gasteiger partial charge in [-0.25, -0.2) is 0 Å². The number of unbranched alkanes of at least 4 members (excludes halogenated alkanes) is 5. The highest BCUT2D eigenvalue weighted by Gasteiger charge is 2.12. The summed E-state index contributed by atoms with van der Waals surface area (Å²) < 4.78 is 0. The Kier molecular flexibility index (Phi) is 7.55. The van der Waals surface area contributed by atoms with Crippen LogP contribution in [0.2, 0.25) is 0 Å². The number of hydrogen-bond donors (Lipinski definition) is 1. The van der Waals surface area contributed by atoms with Crippen molar-refractivity contribution in [1.82, 2.24) is 0 Å². The summed E-state index contributed by atoms with van der Waals surface area (Å²) in [6.45, 7) is 0.301. The Hall–Kier alpha value is -1.93. The molecule has 0 atom stereocenters. The van der Waals surface area contributed by atoms with Gasteiger partial charge in [0.15, 0.2) is 5.78 Å². The second-order valence-corrected chi connectivity index (χ2v) is 5.95. The number of benzene rings is 2. The molecule has 122 valence electrons. The van der Waals surface area contributed by atoms with E-state index in [1.165, 1.54) is 19.3 Å². The molecule has 2 heteroatoms. The molecule has 2 nitrogen and oxygen atoms in total. The third-order valence-corrected chi connectivity index (χ3v) is 4.15. The first-order valence-electron chi connectivity index (χ1n) is 8.61. The van der Waals surface area contributed by atoms with Crippen molar-refractivity contribution in [3.05, 3.63) is 71.3 Å². The van der Waals surface area contributed by atoms with E-state index in [-0.39, 0.29) is 5.78 Å². The summed E-state index contributed by atoms with van der Waals surface area (Å²) in [6, 6.07) is 17.4. The summed E-state index contributed by atoms with van der Waals surface area (Å²) in [5.74, 6) is 0.115. The molecule has 0 aliphatic carbocycles. The number of aliphatic hydroxyl groups excluding tert-OH is 1. The molecular weight excluding hydrogens is 284 g/mol. The molecule has 2 aromatic rings. The van der Waals surface area contributed by atoms with Crippen LogP contribution < -0.4 is 0 Å². The van der Waals surface area contributed by atoms with Crippen LogP contribution in [0, 0.1) is 0 Å². The number of carbonyl (C=O) groups excluding carboxylic acids is 1. The van der Waals surface area contributed by atoms with Crippen LogP contribution in [-0.4, -0.2) is 17.5 Å². The van der Waals surface area contributed by atoms with E-state index in [9.17, 15) is 4.79 Å². The van der Waals surface area contributed by atoms with Gasteiger partial charge in [0.2, 0.25) is 0 Å². The largest absolute Gasteiger partial charge is 0.396 e. The summed E-state index contributed by atoms with van der Waals surface area (Å²) in [7, 11) is 0. The van der Waals surface area contributed by atoms with Gasteiger partial charge in [0.1, 0.15) is 0 Å². The van der Waals surface area contributed by atoms with Gasteiger partial charge in [0.25, 0.3) is 0 Å². The van der Waals surface area contributed by atoms with Crippen molar-refractivity contribution >= 4 is 5.78 Å². The highest BCUT2D eigenvalue weighted by atomic mass is 16.2. The Morgan fingerprint density at radius 3 is 2.09 bits per heavy atom. The summed E-state index contributed by atoms with van der Waals surface area (Å²) in [5, 5.41) is 8.76. The number of carbonyl (C=O) groups is 1. The molecule has 0 spiro atoms. The molecule has 0 radical (unpaired) electrons. The second-order valence-electron chi connectivity index (χ2n) is 5.95.